The molecule has 0 aliphatic carbocycles. The standard InChI is InChI=1S/C14H24N2O/c1-6-9(2)12(15)7-13-11(4)14(17-5)10(3)8-16-13/h8-9,12H,6-7,15H2,1-5H3. The van der Waals surface area contributed by atoms with Gasteiger partial charge in [0.2, 0.25) is 0 Å². The Morgan fingerprint density at radius 2 is 2.06 bits per heavy atom. The SMILES string of the molecule is CCC(C)C(N)Cc1ncc(C)c(OC)c1C. The number of nitrogens with zero attached hydrogens (tertiary/aromatic N) is 1. The number of rotatable bonds is 5. The molecule has 2 N–H and O–H groups in total. The monoisotopic (exact) mass is 236 g/mol. The van der Waals surface area contributed by atoms with Gasteiger partial charge in [-0.3, -0.25) is 4.98 Å². The summed E-state index contributed by atoms with van der Waals surface area (Å²) in [7, 11) is 1.70. The van der Waals surface area contributed by atoms with Crippen molar-refractivity contribution in [2.75, 3.05) is 7.11 Å². The Morgan fingerprint density at radius 3 is 2.59 bits per heavy atom. The minimum absolute atomic E-state index is 0.165. The van der Waals surface area contributed by atoms with Crippen molar-refractivity contribution in [2.24, 2.45) is 11.7 Å². The van der Waals surface area contributed by atoms with E-state index in [9.17, 15) is 0 Å². The van der Waals surface area contributed by atoms with Crippen LogP contribution in [0.25, 0.3) is 0 Å². The molecule has 96 valence electrons. The molecule has 1 heterocycles. The number of pyridine rings is 1. The zero-order chi connectivity index (χ0) is 13.0. The van der Waals surface area contributed by atoms with Crippen molar-refractivity contribution in [3.05, 3.63) is 23.0 Å². The second kappa shape index (κ2) is 6.01. The molecule has 0 spiro atoms. The Hall–Kier alpha value is -1.09. The topological polar surface area (TPSA) is 48.1 Å². The summed E-state index contributed by atoms with van der Waals surface area (Å²) in [6.07, 6.45) is 3.78. The highest BCUT2D eigenvalue weighted by Gasteiger charge is 2.16. The molecule has 0 bridgehead atoms. The summed E-state index contributed by atoms with van der Waals surface area (Å²) in [5, 5.41) is 0. The van der Waals surface area contributed by atoms with E-state index in [4.69, 9.17) is 10.5 Å². The van der Waals surface area contributed by atoms with Crippen LogP contribution in [0.3, 0.4) is 0 Å². The van der Waals surface area contributed by atoms with Gasteiger partial charge in [-0.25, -0.2) is 0 Å². The zero-order valence-electron chi connectivity index (χ0n) is 11.6. The lowest BCUT2D eigenvalue weighted by atomic mass is 9.94. The fourth-order valence-electron chi connectivity index (χ4n) is 2.00. The number of nitrogens with two attached hydrogens (primary N) is 1. The second-order valence-electron chi connectivity index (χ2n) is 4.80. The van der Waals surface area contributed by atoms with Crippen molar-refractivity contribution in [3.8, 4) is 5.75 Å². The molecule has 1 rings (SSSR count). The molecule has 2 atom stereocenters. The largest absolute Gasteiger partial charge is 0.496 e. The van der Waals surface area contributed by atoms with Crippen molar-refractivity contribution in [1.82, 2.24) is 4.98 Å². The Kier molecular flexibility index (Phi) is 4.94. The van der Waals surface area contributed by atoms with Gasteiger partial charge in [0.15, 0.2) is 0 Å². The lowest BCUT2D eigenvalue weighted by Gasteiger charge is -2.20. The number of aryl methyl sites for hydroxylation is 1. The van der Waals surface area contributed by atoms with Gasteiger partial charge in [-0.05, 0) is 19.8 Å². The van der Waals surface area contributed by atoms with Crippen LogP contribution in [-0.4, -0.2) is 18.1 Å². The molecule has 0 aliphatic rings. The van der Waals surface area contributed by atoms with Crippen LogP contribution in [0.15, 0.2) is 6.20 Å². The highest BCUT2D eigenvalue weighted by atomic mass is 16.5. The van der Waals surface area contributed by atoms with Gasteiger partial charge in [-0.2, -0.15) is 0 Å². The predicted octanol–water partition coefficient (Wildman–Crippen LogP) is 2.62. The number of methoxy groups -OCH3 is 1. The van der Waals surface area contributed by atoms with Crippen LogP contribution in [0.2, 0.25) is 0 Å². The molecule has 17 heavy (non-hydrogen) atoms. The van der Waals surface area contributed by atoms with Crippen molar-refractivity contribution in [3.63, 3.8) is 0 Å². The first-order valence-corrected chi connectivity index (χ1v) is 6.25. The average molecular weight is 236 g/mol. The highest BCUT2D eigenvalue weighted by molar-refractivity contribution is 5.41. The van der Waals surface area contributed by atoms with Crippen LogP contribution in [0, 0.1) is 19.8 Å². The van der Waals surface area contributed by atoms with E-state index in [1.807, 2.05) is 13.1 Å². The summed E-state index contributed by atoms with van der Waals surface area (Å²) in [5.41, 5.74) is 9.42. The summed E-state index contributed by atoms with van der Waals surface area (Å²) >= 11 is 0. The third kappa shape index (κ3) is 3.19. The predicted molar refractivity (Wildman–Crippen MR) is 71.4 cm³/mol. The summed E-state index contributed by atoms with van der Waals surface area (Å²) in [6, 6.07) is 0.165. The lowest BCUT2D eigenvalue weighted by Crippen LogP contribution is -2.30. The third-order valence-electron chi connectivity index (χ3n) is 3.55. The van der Waals surface area contributed by atoms with Gasteiger partial charge >= 0.3 is 0 Å². The van der Waals surface area contributed by atoms with Crippen LogP contribution in [0.5, 0.6) is 5.75 Å². The molecule has 0 saturated heterocycles. The fraction of sp³-hybridized carbons (Fsp3) is 0.643. The minimum Gasteiger partial charge on any atom is -0.496 e. The van der Waals surface area contributed by atoms with Gasteiger partial charge in [-0.15, -0.1) is 0 Å². The molecule has 3 nitrogen and oxygen atoms in total. The smallest absolute Gasteiger partial charge is 0.128 e. The lowest BCUT2D eigenvalue weighted by molar-refractivity contribution is 0.403. The van der Waals surface area contributed by atoms with Crippen molar-refractivity contribution < 1.29 is 4.74 Å². The van der Waals surface area contributed by atoms with E-state index in [0.29, 0.717) is 5.92 Å². The summed E-state index contributed by atoms with van der Waals surface area (Å²) in [6.45, 7) is 8.42. The first-order chi connectivity index (χ1) is 8.01. The molecule has 0 fully saturated rings. The maximum Gasteiger partial charge on any atom is 0.128 e. The fourth-order valence-corrected chi connectivity index (χ4v) is 2.00. The molecular formula is C14H24N2O. The van der Waals surface area contributed by atoms with E-state index >= 15 is 0 Å². The molecule has 1 aromatic rings. The third-order valence-corrected chi connectivity index (χ3v) is 3.55. The molecule has 0 aromatic carbocycles. The van der Waals surface area contributed by atoms with Gasteiger partial charge in [0, 0.05) is 35.5 Å². The second-order valence-corrected chi connectivity index (χ2v) is 4.80. The van der Waals surface area contributed by atoms with E-state index in [-0.39, 0.29) is 6.04 Å². The molecule has 0 aliphatic heterocycles. The number of aromatic nitrogens is 1. The normalized spacial score (nSPS) is 14.5. The van der Waals surface area contributed by atoms with Gasteiger partial charge in [0.1, 0.15) is 5.75 Å². The van der Waals surface area contributed by atoms with Crippen LogP contribution in [0.4, 0.5) is 0 Å². The number of hydrogen-bond donors (Lipinski definition) is 1. The maximum absolute atomic E-state index is 6.18. The van der Waals surface area contributed by atoms with E-state index < -0.39 is 0 Å². The molecule has 0 radical (unpaired) electrons. The van der Waals surface area contributed by atoms with Gasteiger partial charge in [0.05, 0.1) is 7.11 Å². The van der Waals surface area contributed by atoms with Crippen LogP contribution < -0.4 is 10.5 Å². The van der Waals surface area contributed by atoms with Gasteiger partial charge in [-0.1, -0.05) is 20.3 Å². The maximum atomic E-state index is 6.18. The van der Waals surface area contributed by atoms with Crippen molar-refractivity contribution >= 4 is 0 Å². The molecular weight excluding hydrogens is 212 g/mol. The first kappa shape index (κ1) is 14.0. The Bertz CT molecular complexity index is 377. The van der Waals surface area contributed by atoms with Crippen LogP contribution >= 0.6 is 0 Å². The van der Waals surface area contributed by atoms with E-state index in [0.717, 1.165) is 35.4 Å². The molecule has 3 heteroatoms. The summed E-state index contributed by atoms with van der Waals surface area (Å²) in [5.74, 6) is 1.45. The molecule has 0 amide bonds. The zero-order valence-corrected chi connectivity index (χ0v) is 11.6. The quantitative estimate of drug-likeness (QED) is 0.855. The Morgan fingerprint density at radius 1 is 1.41 bits per heavy atom. The molecule has 1 aromatic heterocycles. The Labute approximate surface area is 104 Å². The number of hydrogen-bond acceptors (Lipinski definition) is 3. The van der Waals surface area contributed by atoms with E-state index in [1.165, 1.54) is 0 Å². The Balaban J connectivity index is 2.92. The van der Waals surface area contributed by atoms with Crippen LogP contribution in [-0.2, 0) is 6.42 Å². The van der Waals surface area contributed by atoms with Crippen LogP contribution in [0.1, 0.15) is 37.1 Å². The van der Waals surface area contributed by atoms with Gasteiger partial charge < -0.3 is 10.5 Å². The summed E-state index contributed by atoms with van der Waals surface area (Å²) in [4.78, 5) is 4.48. The highest BCUT2D eigenvalue weighted by Crippen LogP contribution is 2.25. The minimum atomic E-state index is 0.165. The summed E-state index contributed by atoms with van der Waals surface area (Å²) < 4.78 is 5.40. The van der Waals surface area contributed by atoms with Gasteiger partial charge in [0.25, 0.3) is 0 Å². The van der Waals surface area contributed by atoms with E-state index in [2.05, 4.69) is 25.8 Å². The first-order valence-electron chi connectivity index (χ1n) is 6.25. The average Bonchev–Trinajstić information content (AvgIpc) is 2.32. The molecule has 2 unspecified atom stereocenters. The van der Waals surface area contributed by atoms with Crippen molar-refractivity contribution in [2.45, 2.75) is 46.6 Å². The molecule has 0 saturated carbocycles. The number of ether oxygens (including phenoxy) is 1. The van der Waals surface area contributed by atoms with Crippen molar-refractivity contribution in [1.29, 1.82) is 0 Å². The van der Waals surface area contributed by atoms with E-state index in [1.54, 1.807) is 7.11 Å².